The van der Waals surface area contributed by atoms with Gasteiger partial charge in [-0.2, -0.15) is 13.2 Å². The Morgan fingerprint density at radius 1 is 1.31 bits per heavy atom. The topological polar surface area (TPSA) is 12.0 Å². The fraction of sp³-hybridized carbons (Fsp3) is 1.00. The Morgan fingerprint density at radius 2 is 1.85 bits per heavy atom. The van der Waals surface area contributed by atoms with E-state index in [4.69, 9.17) is 0 Å². The summed E-state index contributed by atoms with van der Waals surface area (Å²) in [5, 5.41) is 2.93. The normalized spacial score (nSPS) is 17.1. The molecule has 0 aromatic rings. The molecular weight excluding hydrogens is 179 g/mol. The van der Waals surface area contributed by atoms with Gasteiger partial charge in [-0.25, -0.2) is 0 Å². The number of hydrogen-bond acceptors (Lipinski definition) is 1. The average molecular weight is 197 g/mol. The number of halogens is 3. The summed E-state index contributed by atoms with van der Waals surface area (Å²) in [4.78, 5) is 0. The molecule has 0 spiro atoms. The first-order chi connectivity index (χ1) is 5.90. The van der Waals surface area contributed by atoms with Crippen molar-refractivity contribution in [1.82, 2.24) is 5.32 Å². The summed E-state index contributed by atoms with van der Waals surface area (Å²) in [6, 6.07) is -0.0216. The maximum absolute atomic E-state index is 11.9. The van der Waals surface area contributed by atoms with Crippen LogP contribution < -0.4 is 5.32 Å². The fourth-order valence-corrected chi connectivity index (χ4v) is 1.32. The highest BCUT2D eigenvalue weighted by atomic mass is 19.4. The van der Waals surface area contributed by atoms with Crippen LogP contribution in [0.1, 0.15) is 33.1 Å². The third kappa shape index (κ3) is 5.91. The quantitative estimate of drug-likeness (QED) is 0.714. The number of alkyl halides is 3. The average Bonchev–Trinajstić information content (AvgIpc) is 2.03. The Bertz CT molecular complexity index is 133. The van der Waals surface area contributed by atoms with Crippen molar-refractivity contribution in [2.75, 3.05) is 7.05 Å². The lowest BCUT2D eigenvalue weighted by Gasteiger charge is -2.22. The zero-order valence-corrected chi connectivity index (χ0v) is 8.41. The predicted molar refractivity (Wildman–Crippen MR) is 47.6 cm³/mol. The van der Waals surface area contributed by atoms with Crippen molar-refractivity contribution in [2.24, 2.45) is 5.92 Å². The molecule has 13 heavy (non-hydrogen) atoms. The SMILES string of the molecule is CCC(C)C(CCC(F)(F)F)NC. The molecule has 0 rings (SSSR count). The van der Waals surface area contributed by atoms with Gasteiger partial charge in [-0.05, 0) is 19.4 Å². The third-order valence-electron chi connectivity index (χ3n) is 2.44. The van der Waals surface area contributed by atoms with E-state index in [0.29, 0.717) is 5.92 Å². The minimum absolute atomic E-state index is 0.0216. The fourth-order valence-electron chi connectivity index (χ4n) is 1.32. The molecule has 4 heteroatoms. The second-order valence-corrected chi connectivity index (χ2v) is 3.43. The van der Waals surface area contributed by atoms with Crippen LogP contribution in [0.3, 0.4) is 0 Å². The van der Waals surface area contributed by atoms with Crippen molar-refractivity contribution in [2.45, 2.75) is 45.3 Å². The van der Waals surface area contributed by atoms with Gasteiger partial charge in [-0.3, -0.25) is 0 Å². The standard InChI is InChI=1S/C9H18F3N/c1-4-7(2)8(13-3)5-6-9(10,11)12/h7-8,13H,4-6H2,1-3H3. The molecular formula is C9H18F3N. The van der Waals surface area contributed by atoms with Gasteiger partial charge in [0, 0.05) is 12.5 Å². The molecule has 1 nitrogen and oxygen atoms in total. The van der Waals surface area contributed by atoms with Crippen molar-refractivity contribution in [3.8, 4) is 0 Å². The summed E-state index contributed by atoms with van der Waals surface area (Å²) in [7, 11) is 1.72. The van der Waals surface area contributed by atoms with E-state index in [9.17, 15) is 13.2 Å². The second-order valence-electron chi connectivity index (χ2n) is 3.43. The van der Waals surface area contributed by atoms with Gasteiger partial charge < -0.3 is 5.32 Å². The Morgan fingerprint density at radius 3 is 2.15 bits per heavy atom. The monoisotopic (exact) mass is 197 g/mol. The highest BCUT2D eigenvalue weighted by molar-refractivity contribution is 4.72. The number of rotatable bonds is 5. The molecule has 0 bridgehead atoms. The first-order valence-electron chi connectivity index (χ1n) is 4.64. The second kappa shape index (κ2) is 5.47. The Hall–Kier alpha value is -0.250. The van der Waals surface area contributed by atoms with E-state index in [0.717, 1.165) is 6.42 Å². The number of nitrogens with one attached hydrogen (secondary N) is 1. The highest BCUT2D eigenvalue weighted by Crippen LogP contribution is 2.24. The van der Waals surface area contributed by atoms with Crippen LogP contribution in [-0.2, 0) is 0 Å². The van der Waals surface area contributed by atoms with E-state index >= 15 is 0 Å². The lowest BCUT2D eigenvalue weighted by atomic mass is 9.95. The summed E-state index contributed by atoms with van der Waals surface area (Å²) >= 11 is 0. The van der Waals surface area contributed by atoms with Gasteiger partial charge in [-0.1, -0.05) is 20.3 Å². The molecule has 0 aliphatic carbocycles. The Labute approximate surface area is 77.7 Å². The van der Waals surface area contributed by atoms with Gasteiger partial charge in [0.05, 0.1) is 0 Å². The molecule has 0 aliphatic rings. The minimum atomic E-state index is -4.03. The van der Waals surface area contributed by atoms with E-state index < -0.39 is 12.6 Å². The molecule has 80 valence electrons. The summed E-state index contributed by atoms with van der Waals surface area (Å²) in [6.45, 7) is 3.96. The van der Waals surface area contributed by atoms with Gasteiger partial charge in [0.2, 0.25) is 0 Å². The first kappa shape index (κ1) is 12.8. The first-order valence-corrected chi connectivity index (χ1v) is 4.64. The van der Waals surface area contributed by atoms with Gasteiger partial charge in [-0.15, -0.1) is 0 Å². The van der Waals surface area contributed by atoms with Crippen molar-refractivity contribution in [1.29, 1.82) is 0 Å². The minimum Gasteiger partial charge on any atom is -0.317 e. The van der Waals surface area contributed by atoms with Crippen LogP contribution in [0.2, 0.25) is 0 Å². The zero-order chi connectivity index (χ0) is 10.5. The maximum Gasteiger partial charge on any atom is 0.389 e. The highest BCUT2D eigenvalue weighted by Gasteiger charge is 2.28. The van der Waals surface area contributed by atoms with Crippen LogP contribution in [-0.4, -0.2) is 19.3 Å². The summed E-state index contributed by atoms with van der Waals surface area (Å²) in [5.41, 5.74) is 0. The zero-order valence-electron chi connectivity index (χ0n) is 8.41. The largest absolute Gasteiger partial charge is 0.389 e. The van der Waals surface area contributed by atoms with Crippen LogP contribution >= 0.6 is 0 Å². The smallest absolute Gasteiger partial charge is 0.317 e. The predicted octanol–water partition coefficient (Wildman–Crippen LogP) is 2.96. The summed E-state index contributed by atoms with van der Waals surface area (Å²) in [6.07, 6.45) is -3.64. The molecule has 0 heterocycles. The molecule has 2 unspecified atom stereocenters. The van der Waals surface area contributed by atoms with E-state index in [1.165, 1.54) is 0 Å². The van der Waals surface area contributed by atoms with Crippen molar-refractivity contribution < 1.29 is 13.2 Å². The third-order valence-corrected chi connectivity index (χ3v) is 2.44. The van der Waals surface area contributed by atoms with Crippen LogP contribution in [0.25, 0.3) is 0 Å². The van der Waals surface area contributed by atoms with Crippen LogP contribution in [0, 0.1) is 5.92 Å². The van der Waals surface area contributed by atoms with Gasteiger partial charge in [0.25, 0.3) is 0 Å². The van der Waals surface area contributed by atoms with Crippen LogP contribution in [0.4, 0.5) is 13.2 Å². The lowest BCUT2D eigenvalue weighted by molar-refractivity contribution is -0.137. The molecule has 0 amide bonds. The molecule has 0 saturated carbocycles. The molecule has 0 aliphatic heterocycles. The molecule has 2 atom stereocenters. The van der Waals surface area contributed by atoms with E-state index in [1.807, 2.05) is 13.8 Å². The molecule has 0 aromatic heterocycles. The molecule has 1 N–H and O–H groups in total. The maximum atomic E-state index is 11.9. The molecule has 0 aromatic carbocycles. The van der Waals surface area contributed by atoms with Gasteiger partial charge >= 0.3 is 6.18 Å². The van der Waals surface area contributed by atoms with E-state index in [-0.39, 0.29) is 12.5 Å². The molecule has 0 fully saturated rings. The van der Waals surface area contributed by atoms with E-state index in [1.54, 1.807) is 7.05 Å². The molecule has 0 saturated heterocycles. The van der Waals surface area contributed by atoms with Crippen molar-refractivity contribution >= 4 is 0 Å². The van der Waals surface area contributed by atoms with Crippen molar-refractivity contribution in [3.05, 3.63) is 0 Å². The van der Waals surface area contributed by atoms with Crippen LogP contribution in [0.15, 0.2) is 0 Å². The Kier molecular flexibility index (Phi) is 5.37. The molecule has 0 radical (unpaired) electrons. The Balaban J connectivity index is 3.85. The lowest BCUT2D eigenvalue weighted by Crippen LogP contribution is -2.33. The summed E-state index contributed by atoms with van der Waals surface area (Å²) < 4.78 is 35.7. The van der Waals surface area contributed by atoms with Gasteiger partial charge in [0.1, 0.15) is 0 Å². The summed E-state index contributed by atoms with van der Waals surface area (Å²) in [5.74, 6) is 0.298. The van der Waals surface area contributed by atoms with Crippen LogP contribution in [0.5, 0.6) is 0 Å². The van der Waals surface area contributed by atoms with Crippen molar-refractivity contribution in [3.63, 3.8) is 0 Å². The van der Waals surface area contributed by atoms with Gasteiger partial charge in [0.15, 0.2) is 0 Å². The number of hydrogen-bond donors (Lipinski definition) is 1. The van der Waals surface area contributed by atoms with E-state index in [2.05, 4.69) is 5.32 Å².